The number of amides is 2. The minimum absolute atomic E-state index is 0.440. The molecule has 6 heteroatoms. The Morgan fingerprint density at radius 3 is 2.30 bits per heavy atom. The van der Waals surface area contributed by atoms with Crippen LogP contribution in [0.1, 0.15) is 18.4 Å². The van der Waals surface area contributed by atoms with Crippen molar-refractivity contribution in [3.05, 3.63) is 60.2 Å². The third kappa shape index (κ3) is 5.00. The molecule has 1 N–H and O–H groups in total. The van der Waals surface area contributed by atoms with E-state index < -0.39 is 11.8 Å². The van der Waals surface area contributed by atoms with Gasteiger partial charge in [-0.3, -0.25) is 9.59 Å². The summed E-state index contributed by atoms with van der Waals surface area (Å²) in [5, 5.41) is 2.84. The van der Waals surface area contributed by atoms with Gasteiger partial charge in [-0.05, 0) is 42.9 Å². The number of carbonyl (C=O) groups excluding carboxylic acids is 2. The third-order valence-electron chi connectivity index (χ3n) is 5.97. The zero-order valence-electron chi connectivity index (χ0n) is 17.3. The summed E-state index contributed by atoms with van der Waals surface area (Å²) in [5.74, 6) is -0.441. The van der Waals surface area contributed by atoms with E-state index in [-0.39, 0.29) is 0 Å². The van der Waals surface area contributed by atoms with Gasteiger partial charge in [0.15, 0.2) is 0 Å². The Kier molecular flexibility index (Phi) is 6.64. The monoisotopic (exact) mass is 407 g/mol. The van der Waals surface area contributed by atoms with E-state index in [0.29, 0.717) is 37.9 Å². The maximum atomic E-state index is 12.7. The molecule has 2 saturated heterocycles. The van der Waals surface area contributed by atoms with Crippen LogP contribution in [-0.2, 0) is 20.7 Å². The Bertz CT molecular complexity index is 857. The number of anilines is 2. The molecule has 2 amide bonds. The number of carbonyl (C=O) groups is 2. The summed E-state index contributed by atoms with van der Waals surface area (Å²) in [6.07, 6.45) is 2.89. The topological polar surface area (TPSA) is 61.9 Å². The second-order valence-electron chi connectivity index (χ2n) is 8.00. The third-order valence-corrected chi connectivity index (χ3v) is 5.97. The first-order valence-electron chi connectivity index (χ1n) is 10.8. The number of ether oxygens (including phenoxy) is 1. The molecule has 2 aliphatic rings. The summed E-state index contributed by atoms with van der Waals surface area (Å²) in [7, 11) is 0. The number of morpholine rings is 1. The van der Waals surface area contributed by atoms with Crippen LogP contribution in [0.3, 0.4) is 0 Å². The smallest absolute Gasteiger partial charge is 0.313 e. The highest BCUT2D eigenvalue weighted by molar-refractivity contribution is 6.39. The van der Waals surface area contributed by atoms with Gasteiger partial charge in [0, 0.05) is 26.2 Å². The van der Waals surface area contributed by atoms with Crippen LogP contribution >= 0.6 is 0 Å². The van der Waals surface area contributed by atoms with Crippen molar-refractivity contribution in [1.29, 1.82) is 0 Å². The normalized spacial score (nSPS) is 17.6. The zero-order chi connectivity index (χ0) is 20.8. The maximum absolute atomic E-state index is 12.7. The molecule has 2 heterocycles. The number of hydrogen-bond acceptors (Lipinski definition) is 4. The van der Waals surface area contributed by atoms with Crippen LogP contribution < -0.4 is 10.2 Å². The SMILES string of the molecule is O=C(Nc1ccccc1N1CCOCC1)C(=O)N1CCC(Cc2ccccc2)CC1. The number of rotatable bonds is 4. The molecule has 0 spiro atoms. The number of para-hydroxylation sites is 2. The molecule has 0 bridgehead atoms. The van der Waals surface area contributed by atoms with Gasteiger partial charge in [0.1, 0.15) is 0 Å². The molecular weight excluding hydrogens is 378 g/mol. The molecule has 0 unspecified atom stereocenters. The van der Waals surface area contributed by atoms with Crippen LogP contribution in [0.25, 0.3) is 0 Å². The van der Waals surface area contributed by atoms with Gasteiger partial charge in [-0.2, -0.15) is 0 Å². The van der Waals surface area contributed by atoms with Gasteiger partial charge in [-0.15, -0.1) is 0 Å². The van der Waals surface area contributed by atoms with Crippen molar-refractivity contribution in [2.24, 2.45) is 5.92 Å². The summed E-state index contributed by atoms with van der Waals surface area (Å²) >= 11 is 0. The van der Waals surface area contributed by atoms with Crippen LogP contribution in [0.4, 0.5) is 11.4 Å². The van der Waals surface area contributed by atoms with E-state index in [1.807, 2.05) is 30.3 Å². The summed E-state index contributed by atoms with van der Waals surface area (Å²) in [4.78, 5) is 29.3. The van der Waals surface area contributed by atoms with Gasteiger partial charge in [-0.1, -0.05) is 42.5 Å². The molecule has 2 fully saturated rings. The molecule has 2 aromatic carbocycles. The fourth-order valence-corrected chi connectivity index (χ4v) is 4.27. The number of likely N-dealkylation sites (tertiary alicyclic amines) is 1. The quantitative estimate of drug-likeness (QED) is 0.792. The largest absolute Gasteiger partial charge is 0.378 e. The summed E-state index contributed by atoms with van der Waals surface area (Å²) < 4.78 is 5.42. The molecule has 4 rings (SSSR count). The minimum Gasteiger partial charge on any atom is -0.378 e. The first-order valence-corrected chi connectivity index (χ1v) is 10.8. The van der Waals surface area contributed by atoms with E-state index in [0.717, 1.165) is 38.0 Å². The number of piperidine rings is 1. The van der Waals surface area contributed by atoms with E-state index in [4.69, 9.17) is 4.74 Å². The lowest BCUT2D eigenvalue weighted by atomic mass is 9.90. The van der Waals surface area contributed by atoms with E-state index in [9.17, 15) is 9.59 Å². The van der Waals surface area contributed by atoms with E-state index in [1.165, 1.54) is 5.56 Å². The summed E-state index contributed by atoms with van der Waals surface area (Å²) in [6.45, 7) is 4.15. The Balaban J connectivity index is 1.32. The average molecular weight is 408 g/mol. The fourth-order valence-electron chi connectivity index (χ4n) is 4.27. The van der Waals surface area contributed by atoms with E-state index >= 15 is 0 Å². The van der Waals surface area contributed by atoms with Gasteiger partial charge in [0.2, 0.25) is 0 Å². The Morgan fingerprint density at radius 2 is 1.57 bits per heavy atom. The van der Waals surface area contributed by atoms with Crippen LogP contribution in [0, 0.1) is 5.92 Å². The molecule has 30 heavy (non-hydrogen) atoms. The highest BCUT2D eigenvalue weighted by Gasteiger charge is 2.28. The second-order valence-corrected chi connectivity index (χ2v) is 8.00. The van der Waals surface area contributed by atoms with Gasteiger partial charge < -0.3 is 19.9 Å². The predicted molar refractivity (Wildman–Crippen MR) is 118 cm³/mol. The van der Waals surface area contributed by atoms with Crippen LogP contribution in [0.5, 0.6) is 0 Å². The number of benzene rings is 2. The van der Waals surface area contributed by atoms with Gasteiger partial charge >= 0.3 is 11.8 Å². The van der Waals surface area contributed by atoms with Crippen molar-refractivity contribution in [2.45, 2.75) is 19.3 Å². The van der Waals surface area contributed by atoms with Crippen molar-refractivity contribution >= 4 is 23.2 Å². The number of nitrogens with one attached hydrogen (secondary N) is 1. The van der Waals surface area contributed by atoms with Gasteiger partial charge in [0.25, 0.3) is 0 Å². The van der Waals surface area contributed by atoms with E-state index in [1.54, 1.807) is 4.90 Å². The minimum atomic E-state index is -0.558. The molecule has 0 atom stereocenters. The second kappa shape index (κ2) is 9.76. The van der Waals surface area contributed by atoms with Gasteiger partial charge in [-0.25, -0.2) is 0 Å². The zero-order valence-corrected chi connectivity index (χ0v) is 17.3. The van der Waals surface area contributed by atoms with Crippen molar-refractivity contribution in [3.63, 3.8) is 0 Å². The van der Waals surface area contributed by atoms with Crippen LogP contribution in [-0.4, -0.2) is 56.1 Å². The fraction of sp³-hybridized carbons (Fsp3) is 0.417. The first kappa shape index (κ1) is 20.4. The molecule has 6 nitrogen and oxygen atoms in total. The van der Waals surface area contributed by atoms with Crippen molar-refractivity contribution in [1.82, 2.24) is 4.90 Å². The lowest BCUT2D eigenvalue weighted by Gasteiger charge is -2.32. The lowest BCUT2D eigenvalue weighted by Crippen LogP contribution is -2.44. The highest BCUT2D eigenvalue weighted by atomic mass is 16.5. The van der Waals surface area contributed by atoms with E-state index in [2.05, 4.69) is 34.5 Å². The number of hydrogen-bond donors (Lipinski definition) is 1. The summed E-state index contributed by atoms with van der Waals surface area (Å²) in [6, 6.07) is 18.1. The molecule has 0 aliphatic carbocycles. The van der Waals surface area contributed by atoms with Gasteiger partial charge in [0.05, 0.1) is 24.6 Å². The van der Waals surface area contributed by atoms with Crippen molar-refractivity contribution < 1.29 is 14.3 Å². The van der Waals surface area contributed by atoms with Crippen molar-refractivity contribution in [3.8, 4) is 0 Å². The summed E-state index contributed by atoms with van der Waals surface area (Å²) in [5.41, 5.74) is 2.94. The average Bonchev–Trinajstić information content (AvgIpc) is 2.81. The standard InChI is InChI=1S/C24H29N3O3/c28-23(25-21-8-4-5-9-22(21)26-14-16-30-17-15-26)24(29)27-12-10-20(11-13-27)18-19-6-2-1-3-7-19/h1-9,20H,10-18H2,(H,25,28). The maximum Gasteiger partial charge on any atom is 0.313 e. The van der Waals surface area contributed by atoms with Crippen LogP contribution in [0.2, 0.25) is 0 Å². The molecule has 0 radical (unpaired) electrons. The Hall–Kier alpha value is -2.86. The number of nitrogens with zero attached hydrogens (tertiary/aromatic N) is 2. The van der Waals surface area contributed by atoms with Crippen molar-refractivity contribution in [2.75, 3.05) is 49.6 Å². The first-order chi connectivity index (χ1) is 14.7. The molecule has 2 aromatic rings. The van der Waals surface area contributed by atoms with Crippen LogP contribution in [0.15, 0.2) is 54.6 Å². The molecule has 2 aliphatic heterocycles. The highest BCUT2D eigenvalue weighted by Crippen LogP contribution is 2.27. The molecule has 0 saturated carbocycles. The Morgan fingerprint density at radius 1 is 0.900 bits per heavy atom. The molecule has 0 aromatic heterocycles. The molecular formula is C24H29N3O3. The Labute approximate surface area is 177 Å². The molecule has 158 valence electrons. The lowest BCUT2D eigenvalue weighted by molar-refractivity contribution is -0.144. The predicted octanol–water partition coefficient (Wildman–Crippen LogP) is 2.94.